The van der Waals surface area contributed by atoms with E-state index in [2.05, 4.69) is 20.1 Å². The molecule has 122 valence electrons. The zero-order chi connectivity index (χ0) is 16.4. The number of amides is 1. The minimum absolute atomic E-state index is 0.0205. The lowest BCUT2D eigenvalue weighted by Crippen LogP contribution is -2.35. The Balaban J connectivity index is 1.84. The molecule has 0 spiro atoms. The summed E-state index contributed by atoms with van der Waals surface area (Å²) in [5, 5.41) is 7.77. The molecule has 1 amide bonds. The fraction of sp³-hybridized carbons (Fsp3) is 0.438. The van der Waals surface area contributed by atoms with Crippen molar-refractivity contribution in [3.05, 3.63) is 40.9 Å². The van der Waals surface area contributed by atoms with E-state index in [1.54, 1.807) is 37.6 Å². The van der Waals surface area contributed by atoms with Gasteiger partial charge in [0.2, 0.25) is 0 Å². The van der Waals surface area contributed by atoms with Crippen LogP contribution in [0.3, 0.4) is 0 Å². The van der Waals surface area contributed by atoms with Gasteiger partial charge in [-0.1, -0.05) is 11.6 Å². The number of carbonyl (C=O) groups excluding carboxylic acids is 1. The second-order valence-electron chi connectivity index (χ2n) is 6.01. The van der Waals surface area contributed by atoms with Crippen LogP contribution in [-0.2, 0) is 0 Å². The summed E-state index contributed by atoms with van der Waals surface area (Å²) in [4.78, 5) is 20.2. The van der Waals surface area contributed by atoms with Crippen LogP contribution in [-0.4, -0.2) is 53.2 Å². The highest BCUT2D eigenvalue weighted by atomic mass is 35.5. The van der Waals surface area contributed by atoms with Gasteiger partial charge in [0.15, 0.2) is 0 Å². The van der Waals surface area contributed by atoms with Gasteiger partial charge in [-0.3, -0.25) is 14.9 Å². The normalized spacial score (nSPS) is 18.0. The summed E-state index contributed by atoms with van der Waals surface area (Å²) in [7, 11) is 3.51. The Labute approximate surface area is 140 Å². The molecule has 0 aromatic carbocycles. The van der Waals surface area contributed by atoms with Crippen LogP contribution >= 0.6 is 11.6 Å². The quantitative estimate of drug-likeness (QED) is 0.937. The molecule has 7 heteroatoms. The van der Waals surface area contributed by atoms with Crippen LogP contribution in [0.1, 0.15) is 34.8 Å². The largest absolute Gasteiger partial charge is 0.370 e. The molecule has 1 saturated heterocycles. The van der Waals surface area contributed by atoms with Gasteiger partial charge in [-0.25, -0.2) is 0 Å². The van der Waals surface area contributed by atoms with Gasteiger partial charge in [0.1, 0.15) is 0 Å². The molecule has 1 fully saturated rings. The number of nitrogens with zero attached hydrogens (tertiary/aromatic N) is 4. The first kappa shape index (κ1) is 15.8. The number of aromatic nitrogens is 3. The Morgan fingerprint density at radius 1 is 1.43 bits per heavy atom. The van der Waals surface area contributed by atoms with Gasteiger partial charge in [-0.15, -0.1) is 0 Å². The molecular weight excluding hydrogens is 314 g/mol. The zero-order valence-electron chi connectivity index (χ0n) is 13.3. The maximum atomic E-state index is 12.3. The molecule has 1 atom stereocenters. The summed E-state index contributed by atoms with van der Waals surface area (Å²) in [6, 6.07) is 1.93. The average Bonchev–Trinajstić information content (AvgIpc) is 3.04. The summed E-state index contributed by atoms with van der Waals surface area (Å²) in [5.74, 6) is 0.210. The molecule has 1 aliphatic rings. The number of hydrogen-bond donors (Lipinski definition) is 1. The molecule has 0 aliphatic carbocycles. The molecule has 1 unspecified atom stereocenters. The highest BCUT2D eigenvalue weighted by Gasteiger charge is 2.28. The second-order valence-corrected chi connectivity index (χ2v) is 6.42. The van der Waals surface area contributed by atoms with Crippen LogP contribution in [0.4, 0.5) is 5.69 Å². The Bertz CT molecular complexity index is 699. The fourth-order valence-corrected chi connectivity index (χ4v) is 3.31. The van der Waals surface area contributed by atoms with E-state index in [1.165, 1.54) is 0 Å². The van der Waals surface area contributed by atoms with Crippen molar-refractivity contribution in [2.75, 3.05) is 32.1 Å². The molecule has 0 bridgehead atoms. The van der Waals surface area contributed by atoms with E-state index < -0.39 is 0 Å². The number of halogens is 1. The molecule has 2 aromatic rings. The number of rotatable bonds is 3. The zero-order valence-corrected chi connectivity index (χ0v) is 14.0. The summed E-state index contributed by atoms with van der Waals surface area (Å²) in [6.45, 7) is 1.75. The number of aromatic amines is 1. The van der Waals surface area contributed by atoms with Crippen molar-refractivity contribution in [2.24, 2.45) is 0 Å². The smallest absolute Gasteiger partial charge is 0.256 e. The molecule has 1 aliphatic heterocycles. The van der Waals surface area contributed by atoms with E-state index in [-0.39, 0.29) is 11.8 Å². The van der Waals surface area contributed by atoms with Gasteiger partial charge >= 0.3 is 0 Å². The molecule has 3 rings (SSSR count). The van der Waals surface area contributed by atoms with Crippen molar-refractivity contribution >= 4 is 23.2 Å². The molecule has 0 radical (unpaired) electrons. The van der Waals surface area contributed by atoms with E-state index in [9.17, 15) is 4.79 Å². The van der Waals surface area contributed by atoms with Gasteiger partial charge in [0.25, 0.3) is 5.91 Å². The standard InChI is InChI=1S/C16H20ClN5O/c1-21(2)16(23)12-8-19-20-15(12)11-4-3-7-22(10-11)14-5-6-18-9-13(14)17/h5-6,8-9,11H,3-4,7,10H2,1-2H3,(H,19,20). The highest BCUT2D eigenvalue weighted by molar-refractivity contribution is 6.33. The van der Waals surface area contributed by atoms with E-state index in [0.717, 1.165) is 37.3 Å². The predicted octanol–water partition coefficient (Wildman–Crippen LogP) is 2.54. The van der Waals surface area contributed by atoms with Gasteiger partial charge < -0.3 is 9.80 Å². The van der Waals surface area contributed by atoms with Crippen molar-refractivity contribution in [2.45, 2.75) is 18.8 Å². The third-order valence-corrected chi connectivity index (χ3v) is 4.52. The monoisotopic (exact) mass is 333 g/mol. The molecule has 1 N–H and O–H groups in total. The summed E-state index contributed by atoms with van der Waals surface area (Å²) >= 11 is 6.27. The minimum Gasteiger partial charge on any atom is -0.370 e. The Kier molecular flexibility index (Phi) is 4.52. The molecule has 2 aromatic heterocycles. The van der Waals surface area contributed by atoms with Gasteiger partial charge in [0, 0.05) is 45.5 Å². The maximum Gasteiger partial charge on any atom is 0.256 e. The molecule has 6 nitrogen and oxygen atoms in total. The van der Waals surface area contributed by atoms with Gasteiger partial charge in [-0.2, -0.15) is 5.10 Å². The lowest BCUT2D eigenvalue weighted by Gasteiger charge is -2.34. The second kappa shape index (κ2) is 6.58. The number of H-pyrrole nitrogens is 1. The molecule has 3 heterocycles. The van der Waals surface area contributed by atoms with Crippen molar-refractivity contribution < 1.29 is 4.79 Å². The van der Waals surface area contributed by atoms with Crippen molar-refractivity contribution in [1.82, 2.24) is 20.1 Å². The number of anilines is 1. The lowest BCUT2D eigenvalue weighted by molar-refractivity contribution is 0.0826. The van der Waals surface area contributed by atoms with Crippen molar-refractivity contribution in [3.63, 3.8) is 0 Å². The SMILES string of the molecule is CN(C)C(=O)c1cn[nH]c1C1CCCN(c2ccncc2Cl)C1. The van der Waals surface area contributed by atoms with Gasteiger partial charge in [0.05, 0.1) is 28.2 Å². The predicted molar refractivity (Wildman–Crippen MR) is 90.0 cm³/mol. The average molecular weight is 334 g/mol. The highest BCUT2D eigenvalue weighted by Crippen LogP contribution is 2.33. The Morgan fingerprint density at radius 3 is 3.00 bits per heavy atom. The first-order chi connectivity index (χ1) is 11.1. The number of carbonyl (C=O) groups is 1. The Morgan fingerprint density at radius 2 is 2.26 bits per heavy atom. The van der Waals surface area contributed by atoms with E-state index in [4.69, 9.17) is 11.6 Å². The number of piperidine rings is 1. The number of pyridine rings is 1. The van der Waals surface area contributed by atoms with E-state index in [1.807, 2.05) is 6.07 Å². The first-order valence-electron chi connectivity index (χ1n) is 7.67. The molecule has 0 saturated carbocycles. The third kappa shape index (κ3) is 3.17. The lowest BCUT2D eigenvalue weighted by atomic mass is 9.92. The minimum atomic E-state index is -0.0205. The summed E-state index contributed by atoms with van der Waals surface area (Å²) in [5.41, 5.74) is 2.56. The number of nitrogens with one attached hydrogen (secondary N) is 1. The van der Waals surface area contributed by atoms with Crippen molar-refractivity contribution in [1.29, 1.82) is 0 Å². The topological polar surface area (TPSA) is 65.1 Å². The van der Waals surface area contributed by atoms with Crippen LogP contribution in [0.25, 0.3) is 0 Å². The molecule has 23 heavy (non-hydrogen) atoms. The number of hydrogen-bond acceptors (Lipinski definition) is 4. The van der Waals surface area contributed by atoms with Crippen molar-refractivity contribution in [3.8, 4) is 0 Å². The van der Waals surface area contributed by atoms with Crippen LogP contribution in [0, 0.1) is 0 Å². The maximum absolute atomic E-state index is 12.3. The van der Waals surface area contributed by atoms with E-state index >= 15 is 0 Å². The van der Waals surface area contributed by atoms with E-state index in [0.29, 0.717) is 10.6 Å². The van der Waals surface area contributed by atoms with Crippen LogP contribution in [0.2, 0.25) is 5.02 Å². The Hall–Kier alpha value is -2.08. The van der Waals surface area contributed by atoms with Gasteiger partial charge in [-0.05, 0) is 18.9 Å². The first-order valence-corrected chi connectivity index (χ1v) is 8.05. The molecular formula is C16H20ClN5O. The fourth-order valence-electron chi connectivity index (χ4n) is 3.07. The van der Waals surface area contributed by atoms with Crippen LogP contribution in [0.15, 0.2) is 24.7 Å². The summed E-state index contributed by atoms with van der Waals surface area (Å²) in [6.07, 6.45) is 7.10. The summed E-state index contributed by atoms with van der Waals surface area (Å²) < 4.78 is 0. The van der Waals surface area contributed by atoms with Crippen LogP contribution < -0.4 is 4.90 Å². The third-order valence-electron chi connectivity index (χ3n) is 4.23. The van der Waals surface area contributed by atoms with Crippen LogP contribution in [0.5, 0.6) is 0 Å².